The molecule has 1 saturated carbocycles. The van der Waals surface area contributed by atoms with E-state index < -0.39 is 24.0 Å². The molecule has 5 heteroatoms. The molecule has 4 aliphatic heterocycles. The molecule has 0 radical (unpaired) electrons. The zero-order valence-electron chi connectivity index (χ0n) is 12.4. The highest BCUT2D eigenvalue weighted by atomic mass is 17.3. The highest BCUT2D eigenvalue weighted by molar-refractivity contribution is 5.08. The van der Waals surface area contributed by atoms with E-state index in [0.29, 0.717) is 11.8 Å². The van der Waals surface area contributed by atoms with E-state index in [4.69, 9.17) is 19.2 Å². The highest BCUT2D eigenvalue weighted by Gasteiger charge is 2.69. The van der Waals surface area contributed by atoms with Gasteiger partial charge in [-0.25, -0.2) is 9.78 Å². The summed E-state index contributed by atoms with van der Waals surface area (Å²) in [6.45, 7) is 6.22. The second kappa shape index (κ2) is 4.17. The number of aliphatic hydroxyl groups excluding tert-OH is 1. The summed E-state index contributed by atoms with van der Waals surface area (Å²) in [4.78, 5) is 11.6. The molecule has 0 aromatic rings. The third-order valence-electron chi connectivity index (χ3n) is 6.12. The van der Waals surface area contributed by atoms with Crippen LogP contribution in [0, 0.1) is 23.7 Å². The van der Waals surface area contributed by atoms with Crippen LogP contribution >= 0.6 is 0 Å². The molecule has 0 unspecified atom stereocenters. The number of fused-ring (bicyclic) bond motifs is 2. The molecule has 4 heterocycles. The van der Waals surface area contributed by atoms with E-state index >= 15 is 0 Å². The minimum Gasteiger partial charge on any atom is -0.368 e. The number of hydrogen-bond acceptors (Lipinski definition) is 5. The number of aliphatic hydroxyl groups is 1. The topological polar surface area (TPSA) is 57.2 Å². The van der Waals surface area contributed by atoms with Crippen LogP contribution in [-0.4, -0.2) is 29.1 Å². The van der Waals surface area contributed by atoms with Crippen molar-refractivity contribution >= 4 is 0 Å². The van der Waals surface area contributed by atoms with Crippen molar-refractivity contribution in [1.82, 2.24) is 0 Å². The van der Waals surface area contributed by atoms with Crippen LogP contribution in [-0.2, 0) is 19.2 Å². The minimum absolute atomic E-state index is 0.0379. The van der Waals surface area contributed by atoms with Gasteiger partial charge in [-0.1, -0.05) is 13.8 Å². The summed E-state index contributed by atoms with van der Waals surface area (Å²) in [5, 5.41) is 10.2. The summed E-state index contributed by atoms with van der Waals surface area (Å²) in [5.41, 5.74) is -0.549. The van der Waals surface area contributed by atoms with Crippen LogP contribution in [0.1, 0.15) is 46.5 Å². The SMILES string of the molecule is C[C@H]1[C@H](O)O[C@@H]2O[C@]3(C)CC[C@H]4[C@H](C)CC[C@@H]1[C@@]24OO3. The second-order valence-electron chi connectivity index (χ2n) is 7.30. The van der Waals surface area contributed by atoms with E-state index in [1.54, 1.807) is 0 Å². The lowest BCUT2D eigenvalue weighted by molar-refractivity contribution is -0.576. The van der Waals surface area contributed by atoms with Crippen LogP contribution in [0.15, 0.2) is 0 Å². The normalized spacial score (nSPS) is 61.8. The third-order valence-corrected chi connectivity index (χ3v) is 6.12. The lowest BCUT2D eigenvalue weighted by Gasteiger charge is -2.59. The van der Waals surface area contributed by atoms with E-state index in [1.165, 1.54) is 6.42 Å². The van der Waals surface area contributed by atoms with Gasteiger partial charge in [-0.2, -0.15) is 0 Å². The number of hydrogen-bond donors (Lipinski definition) is 1. The molecule has 5 rings (SSSR count). The van der Waals surface area contributed by atoms with Crippen molar-refractivity contribution in [3.63, 3.8) is 0 Å². The van der Waals surface area contributed by atoms with E-state index in [2.05, 4.69) is 6.92 Å². The fourth-order valence-electron chi connectivity index (χ4n) is 4.89. The van der Waals surface area contributed by atoms with Crippen LogP contribution in [0.5, 0.6) is 0 Å². The number of ether oxygens (including phenoxy) is 2. The molecule has 2 bridgehead atoms. The Morgan fingerprint density at radius 3 is 2.65 bits per heavy atom. The smallest absolute Gasteiger partial charge is 0.201 e. The molecular formula is C15H24O5. The fraction of sp³-hybridized carbons (Fsp3) is 1.00. The molecule has 5 fully saturated rings. The van der Waals surface area contributed by atoms with Gasteiger partial charge in [0.15, 0.2) is 18.2 Å². The van der Waals surface area contributed by atoms with Crippen LogP contribution in [0.25, 0.3) is 0 Å². The highest BCUT2D eigenvalue weighted by Crippen LogP contribution is 2.60. The van der Waals surface area contributed by atoms with Crippen LogP contribution < -0.4 is 0 Å². The van der Waals surface area contributed by atoms with Crippen molar-refractivity contribution in [3.05, 3.63) is 0 Å². The van der Waals surface area contributed by atoms with Gasteiger partial charge in [-0.15, -0.1) is 0 Å². The van der Waals surface area contributed by atoms with Gasteiger partial charge < -0.3 is 14.6 Å². The van der Waals surface area contributed by atoms with E-state index in [9.17, 15) is 5.11 Å². The van der Waals surface area contributed by atoms with Crippen molar-refractivity contribution in [2.24, 2.45) is 23.7 Å². The molecule has 1 N–H and O–H groups in total. The van der Waals surface area contributed by atoms with Gasteiger partial charge in [-0.05, 0) is 38.0 Å². The van der Waals surface area contributed by atoms with Gasteiger partial charge in [-0.3, -0.25) is 0 Å². The average Bonchev–Trinajstić information content (AvgIpc) is 2.63. The van der Waals surface area contributed by atoms with E-state index in [1.807, 2.05) is 13.8 Å². The first-order valence-electron chi connectivity index (χ1n) is 7.84. The molecular weight excluding hydrogens is 260 g/mol. The van der Waals surface area contributed by atoms with E-state index in [-0.39, 0.29) is 11.8 Å². The van der Waals surface area contributed by atoms with E-state index in [0.717, 1.165) is 19.3 Å². The summed E-state index contributed by atoms with van der Waals surface area (Å²) in [6, 6.07) is 0. The monoisotopic (exact) mass is 284 g/mol. The Kier molecular flexibility index (Phi) is 2.81. The lowest BCUT2D eigenvalue weighted by atomic mass is 9.58. The zero-order valence-corrected chi connectivity index (χ0v) is 12.4. The fourth-order valence-corrected chi connectivity index (χ4v) is 4.89. The van der Waals surface area contributed by atoms with Gasteiger partial charge in [0.2, 0.25) is 5.79 Å². The van der Waals surface area contributed by atoms with Gasteiger partial charge in [0, 0.05) is 18.3 Å². The van der Waals surface area contributed by atoms with Crippen LogP contribution in [0.3, 0.4) is 0 Å². The Bertz CT molecular complexity index is 411. The molecule has 4 saturated heterocycles. The number of rotatable bonds is 0. The van der Waals surface area contributed by atoms with Crippen molar-refractivity contribution < 1.29 is 24.4 Å². The summed E-state index contributed by atoms with van der Waals surface area (Å²) < 4.78 is 11.9. The minimum atomic E-state index is -0.781. The molecule has 0 aromatic heterocycles. The van der Waals surface area contributed by atoms with Gasteiger partial charge in [0.25, 0.3) is 0 Å². The Morgan fingerprint density at radius 2 is 1.85 bits per heavy atom. The third kappa shape index (κ3) is 1.56. The molecule has 0 aromatic carbocycles. The first-order chi connectivity index (χ1) is 9.46. The standard InChI is InChI=1S/C15H24O5/c1-8-4-5-11-9(2)12(16)17-13-15(11)10(8)6-7-14(3,18-13)19-20-15/h8-13,16H,4-7H2,1-3H3/t8-,9-,10+,11+,12-,13-,14+,15-/m1/s1. The van der Waals surface area contributed by atoms with Crippen LogP contribution in [0.4, 0.5) is 0 Å². The largest absolute Gasteiger partial charge is 0.368 e. The molecule has 5 aliphatic rings. The summed E-state index contributed by atoms with van der Waals surface area (Å²) in [7, 11) is 0. The summed E-state index contributed by atoms with van der Waals surface area (Å²) >= 11 is 0. The first kappa shape index (κ1) is 13.5. The predicted molar refractivity (Wildman–Crippen MR) is 69.0 cm³/mol. The van der Waals surface area contributed by atoms with Crippen LogP contribution in [0.2, 0.25) is 0 Å². The van der Waals surface area contributed by atoms with Crippen molar-refractivity contribution in [1.29, 1.82) is 0 Å². The Labute approximate surface area is 119 Å². The zero-order chi connectivity index (χ0) is 14.1. The average molecular weight is 284 g/mol. The lowest BCUT2D eigenvalue weighted by Crippen LogP contribution is -2.70. The van der Waals surface area contributed by atoms with Gasteiger partial charge >= 0.3 is 0 Å². The van der Waals surface area contributed by atoms with Gasteiger partial charge in [0.1, 0.15) is 0 Å². The maximum Gasteiger partial charge on any atom is 0.201 e. The summed E-state index contributed by atoms with van der Waals surface area (Å²) in [5.74, 6) is 0.437. The molecule has 0 amide bonds. The van der Waals surface area contributed by atoms with Crippen molar-refractivity contribution in [2.45, 2.75) is 70.4 Å². The van der Waals surface area contributed by atoms with Gasteiger partial charge in [0.05, 0.1) is 0 Å². The quantitative estimate of drug-likeness (QED) is 0.691. The molecule has 8 atom stereocenters. The molecule has 114 valence electrons. The molecule has 20 heavy (non-hydrogen) atoms. The predicted octanol–water partition coefficient (Wildman–Crippen LogP) is 2.19. The molecule has 5 nitrogen and oxygen atoms in total. The maximum atomic E-state index is 10.2. The Balaban J connectivity index is 1.82. The first-order valence-corrected chi connectivity index (χ1v) is 7.84. The van der Waals surface area contributed by atoms with Crippen molar-refractivity contribution in [2.75, 3.05) is 0 Å². The molecule has 1 spiro atoms. The van der Waals surface area contributed by atoms with Crippen molar-refractivity contribution in [3.8, 4) is 0 Å². The summed E-state index contributed by atoms with van der Waals surface area (Å²) in [6.07, 6.45) is 2.72. The maximum absolute atomic E-state index is 10.2. The Morgan fingerprint density at radius 1 is 1.05 bits per heavy atom. The Hall–Kier alpha value is -0.200. The second-order valence-corrected chi connectivity index (χ2v) is 7.30. The molecule has 1 aliphatic carbocycles.